The maximum absolute atomic E-state index is 16.7. The summed E-state index contributed by atoms with van der Waals surface area (Å²) >= 11 is 0. The van der Waals surface area contributed by atoms with Crippen LogP contribution in [0.4, 0.5) is 14.6 Å². The predicted octanol–water partition coefficient (Wildman–Crippen LogP) is 5.13. The van der Waals surface area contributed by atoms with E-state index in [1.54, 1.807) is 6.20 Å². The van der Waals surface area contributed by atoms with Crippen molar-refractivity contribution in [3.63, 3.8) is 0 Å². The molecule has 1 aromatic carbocycles. The first kappa shape index (κ1) is 29.5. The Balaban J connectivity index is 1.30. The molecule has 1 amide bonds. The standard InChI is InChI=1S/C34H37F2N7O2/c1-22(35)32(44)43-18-17-41(20-24(43)11-14-37)31-27-19-38-29(26-10-4-8-23-7-2-3-9-25(23)26)28(36)30(27)39-33(40-31)45-21-34-12-5-15-42(34)16-6-13-34/h4,8,10,19,24H,1-3,5-7,9,11-13,15-18,20-21H2/t24-/m0/s1. The topological polar surface area (TPSA) is 98.5 Å². The van der Waals surface area contributed by atoms with Crippen molar-refractivity contribution in [2.75, 3.05) is 44.2 Å². The van der Waals surface area contributed by atoms with E-state index in [4.69, 9.17) is 9.72 Å². The van der Waals surface area contributed by atoms with Crippen LogP contribution < -0.4 is 9.64 Å². The van der Waals surface area contributed by atoms with Crippen molar-refractivity contribution in [1.82, 2.24) is 24.8 Å². The number of benzene rings is 1. The largest absolute Gasteiger partial charge is 0.461 e. The van der Waals surface area contributed by atoms with E-state index in [1.807, 2.05) is 17.0 Å². The van der Waals surface area contributed by atoms with Gasteiger partial charge in [-0.25, -0.2) is 8.78 Å². The van der Waals surface area contributed by atoms with E-state index >= 15 is 4.39 Å². The molecule has 0 saturated carbocycles. The number of aromatic nitrogens is 3. The molecule has 0 unspecified atom stereocenters. The Hall–Kier alpha value is -4.17. The van der Waals surface area contributed by atoms with E-state index in [0.29, 0.717) is 24.4 Å². The molecule has 0 radical (unpaired) electrons. The van der Waals surface area contributed by atoms with Gasteiger partial charge in [-0.3, -0.25) is 14.7 Å². The lowest BCUT2D eigenvalue weighted by molar-refractivity contribution is -0.131. The summed E-state index contributed by atoms with van der Waals surface area (Å²) in [6.07, 6.45) is 9.94. The van der Waals surface area contributed by atoms with Gasteiger partial charge >= 0.3 is 6.01 Å². The van der Waals surface area contributed by atoms with E-state index in [-0.39, 0.29) is 42.3 Å². The number of hydrogen-bond donors (Lipinski definition) is 0. The molecule has 45 heavy (non-hydrogen) atoms. The number of hydrogen-bond acceptors (Lipinski definition) is 8. The molecular formula is C34H37F2N7O2. The SMILES string of the molecule is C=C(F)C(=O)N1CCN(c2nc(OCC34CCCN3CCC4)nc3c(F)c(-c4cccc5c4CCCC5)ncc23)C[C@@H]1CC#N. The molecular weight excluding hydrogens is 576 g/mol. The van der Waals surface area contributed by atoms with Gasteiger partial charge in [-0.05, 0) is 75.6 Å². The highest BCUT2D eigenvalue weighted by Gasteiger charge is 2.45. The van der Waals surface area contributed by atoms with Gasteiger partial charge in [0.25, 0.3) is 5.91 Å². The predicted molar refractivity (Wildman–Crippen MR) is 166 cm³/mol. The highest BCUT2D eigenvalue weighted by atomic mass is 19.1. The molecule has 3 saturated heterocycles. The molecule has 1 aliphatic carbocycles. The smallest absolute Gasteiger partial charge is 0.319 e. The number of carbonyl (C=O) groups excluding carboxylic acids is 1. The zero-order valence-electron chi connectivity index (χ0n) is 25.4. The first-order valence-corrected chi connectivity index (χ1v) is 16.0. The second-order valence-corrected chi connectivity index (χ2v) is 12.7. The quantitative estimate of drug-likeness (QED) is 0.339. The van der Waals surface area contributed by atoms with Crippen LogP contribution in [0.15, 0.2) is 36.8 Å². The summed E-state index contributed by atoms with van der Waals surface area (Å²) in [7, 11) is 0. The molecule has 234 valence electrons. The second kappa shape index (κ2) is 12.0. The van der Waals surface area contributed by atoms with Crippen LogP contribution in [0, 0.1) is 17.1 Å². The molecule has 1 atom stereocenters. The van der Waals surface area contributed by atoms with E-state index in [1.165, 1.54) is 10.5 Å². The molecule has 11 heteroatoms. The highest BCUT2D eigenvalue weighted by molar-refractivity contribution is 5.93. The van der Waals surface area contributed by atoms with Crippen molar-refractivity contribution in [2.45, 2.75) is 69.4 Å². The zero-order valence-corrected chi connectivity index (χ0v) is 25.4. The van der Waals surface area contributed by atoms with Gasteiger partial charge < -0.3 is 14.5 Å². The molecule has 5 heterocycles. The number of pyridine rings is 1. The molecule has 0 bridgehead atoms. The Morgan fingerprint density at radius 1 is 1.11 bits per heavy atom. The van der Waals surface area contributed by atoms with Gasteiger partial charge in [0.05, 0.1) is 29.5 Å². The fraction of sp³-hybridized carbons (Fsp3) is 0.500. The van der Waals surface area contributed by atoms with Gasteiger partial charge in [-0.1, -0.05) is 24.8 Å². The second-order valence-electron chi connectivity index (χ2n) is 12.7. The number of halogens is 2. The summed E-state index contributed by atoms with van der Waals surface area (Å²) in [5, 5.41) is 9.92. The first-order valence-electron chi connectivity index (χ1n) is 16.0. The Morgan fingerprint density at radius 3 is 2.69 bits per heavy atom. The summed E-state index contributed by atoms with van der Waals surface area (Å²) in [5.74, 6) is -2.00. The third-order valence-corrected chi connectivity index (χ3v) is 10.2. The number of ether oxygens (including phenoxy) is 1. The average molecular weight is 614 g/mol. The molecule has 0 spiro atoms. The van der Waals surface area contributed by atoms with Gasteiger partial charge in [-0.15, -0.1) is 0 Å². The first-order chi connectivity index (χ1) is 21.9. The molecule has 0 N–H and O–H groups in total. The van der Waals surface area contributed by atoms with E-state index in [9.17, 15) is 14.4 Å². The van der Waals surface area contributed by atoms with Crippen LogP contribution in [-0.2, 0) is 17.6 Å². The van der Waals surface area contributed by atoms with E-state index in [2.05, 4.69) is 33.6 Å². The fourth-order valence-corrected chi connectivity index (χ4v) is 7.93. The van der Waals surface area contributed by atoms with Crippen LogP contribution in [0.2, 0.25) is 0 Å². The molecule has 9 nitrogen and oxygen atoms in total. The average Bonchev–Trinajstić information content (AvgIpc) is 3.64. The number of carbonyl (C=O) groups is 1. The summed E-state index contributed by atoms with van der Waals surface area (Å²) in [6, 6.07) is 7.59. The maximum Gasteiger partial charge on any atom is 0.319 e. The number of anilines is 1. The third-order valence-electron chi connectivity index (χ3n) is 10.2. The summed E-state index contributed by atoms with van der Waals surface area (Å²) in [6.45, 7) is 6.31. The van der Waals surface area contributed by atoms with Crippen molar-refractivity contribution >= 4 is 22.6 Å². The Morgan fingerprint density at radius 2 is 1.91 bits per heavy atom. The number of nitrogens with zero attached hydrogens (tertiary/aromatic N) is 7. The summed E-state index contributed by atoms with van der Waals surface area (Å²) in [4.78, 5) is 32.3. The lowest BCUT2D eigenvalue weighted by atomic mass is 9.87. The van der Waals surface area contributed by atoms with E-state index < -0.39 is 23.6 Å². The normalized spacial score (nSPS) is 21.0. The summed E-state index contributed by atoms with van der Waals surface area (Å²) in [5.41, 5.74) is 3.48. The van der Waals surface area contributed by atoms with Gasteiger partial charge in [0.1, 0.15) is 23.6 Å². The third kappa shape index (κ3) is 5.29. The maximum atomic E-state index is 16.7. The number of amides is 1. The Kier molecular flexibility index (Phi) is 7.86. The van der Waals surface area contributed by atoms with Crippen LogP contribution in [-0.4, -0.2) is 81.6 Å². The van der Waals surface area contributed by atoms with Gasteiger partial charge in [0.15, 0.2) is 11.6 Å². The van der Waals surface area contributed by atoms with Gasteiger partial charge in [0, 0.05) is 31.4 Å². The van der Waals surface area contributed by atoms with Crippen molar-refractivity contribution < 1.29 is 18.3 Å². The zero-order chi connectivity index (χ0) is 31.1. The van der Waals surface area contributed by atoms with Crippen LogP contribution in [0.5, 0.6) is 6.01 Å². The number of rotatable bonds is 7. The minimum absolute atomic E-state index is 0.00384. The van der Waals surface area contributed by atoms with Crippen molar-refractivity contribution in [3.8, 4) is 23.3 Å². The molecule has 4 aliphatic rings. The molecule has 7 rings (SSSR count). The monoisotopic (exact) mass is 613 g/mol. The minimum atomic E-state index is -1.07. The number of fused-ring (bicyclic) bond motifs is 3. The van der Waals surface area contributed by atoms with Crippen LogP contribution >= 0.6 is 0 Å². The van der Waals surface area contributed by atoms with Crippen molar-refractivity contribution in [3.05, 3.63) is 53.7 Å². The summed E-state index contributed by atoms with van der Waals surface area (Å²) < 4.78 is 36.8. The van der Waals surface area contributed by atoms with Crippen LogP contribution in [0.25, 0.3) is 22.2 Å². The lowest BCUT2D eigenvalue weighted by Crippen LogP contribution is -2.55. The molecule has 3 aliphatic heterocycles. The van der Waals surface area contributed by atoms with Crippen LogP contribution in [0.3, 0.4) is 0 Å². The Labute approximate surface area is 261 Å². The number of piperazine rings is 1. The van der Waals surface area contributed by atoms with Gasteiger partial charge in [0.2, 0.25) is 0 Å². The highest BCUT2D eigenvalue weighted by Crippen LogP contribution is 2.40. The Bertz CT molecular complexity index is 1700. The molecule has 3 fully saturated rings. The van der Waals surface area contributed by atoms with Crippen molar-refractivity contribution in [1.29, 1.82) is 5.26 Å². The fourth-order valence-electron chi connectivity index (χ4n) is 7.93. The lowest BCUT2D eigenvalue weighted by Gasteiger charge is -2.41. The number of nitriles is 1. The van der Waals surface area contributed by atoms with Gasteiger partial charge in [-0.2, -0.15) is 15.2 Å². The van der Waals surface area contributed by atoms with E-state index in [0.717, 1.165) is 75.6 Å². The molecule has 2 aromatic heterocycles. The van der Waals surface area contributed by atoms with Crippen LogP contribution in [0.1, 0.15) is 56.1 Å². The molecule has 3 aromatic rings. The van der Waals surface area contributed by atoms with Crippen molar-refractivity contribution in [2.24, 2.45) is 0 Å². The minimum Gasteiger partial charge on any atom is -0.461 e. The number of aryl methyl sites for hydroxylation is 1.